The Morgan fingerprint density at radius 3 is 2.00 bits per heavy atom. The molecule has 14 heavy (non-hydrogen) atoms. The number of ether oxygens (including phenoxy) is 1. The van der Waals surface area contributed by atoms with E-state index in [4.69, 9.17) is 9.16 Å². The lowest BCUT2D eigenvalue weighted by molar-refractivity contribution is 0.0959. The van der Waals surface area contributed by atoms with E-state index in [2.05, 4.69) is 40.8 Å². The first-order valence-corrected chi connectivity index (χ1v) is 8.44. The lowest BCUT2D eigenvalue weighted by Gasteiger charge is -2.36. The van der Waals surface area contributed by atoms with Gasteiger partial charge in [0.1, 0.15) is 0 Å². The van der Waals surface area contributed by atoms with Crippen LogP contribution in [0.25, 0.3) is 0 Å². The van der Waals surface area contributed by atoms with E-state index in [-0.39, 0.29) is 0 Å². The van der Waals surface area contributed by atoms with Crippen LogP contribution in [0.15, 0.2) is 0 Å². The highest BCUT2D eigenvalue weighted by Gasteiger charge is 2.36. The van der Waals surface area contributed by atoms with Crippen molar-refractivity contribution in [3.8, 4) is 0 Å². The quantitative estimate of drug-likeness (QED) is 0.502. The van der Waals surface area contributed by atoms with Crippen LogP contribution >= 0.6 is 0 Å². The van der Waals surface area contributed by atoms with Gasteiger partial charge in [-0.3, -0.25) is 0 Å². The van der Waals surface area contributed by atoms with Crippen molar-refractivity contribution in [3.05, 3.63) is 0 Å². The van der Waals surface area contributed by atoms with Crippen molar-refractivity contribution in [3.63, 3.8) is 0 Å². The minimum Gasteiger partial charge on any atom is -0.414 e. The first-order chi connectivity index (χ1) is 6.31. The largest absolute Gasteiger partial charge is 0.414 e. The molecule has 0 unspecified atom stereocenters. The first kappa shape index (κ1) is 14.1. The summed E-state index contributed by atoms with van der Waals surface area (Å²) in [5, 5.41) is 0.303. The van der Waals surface area contributed by atoms with Crippen LogP contribution in [0.5, 0.6) is 0 Å². The van der Waals surface area contributed by atoms with Crippen LogP contribution in [0.2, 0.25) is 18.1 Å². The Morgan fingerprint density at radius 1 is 1.00 bits per heavy atom. The molecule has 0 saturated heterocycles. The molecule has 0 aromatic rings. The summed E-state index contributed by atoms with van der Waals surface area (Å²) in [4.78, 5) is 0. The monoisotopic (exact) mass is 218 g/mol. The van der Waals surface area contributed by atoms with Crippen molar-refractivity contribution in [1.82, 2.24) is 0 Å². The predicted octanol–water partition coefficient (Wildman–Crippen LogP) is 3.43. The maximum Gasteiger partial charge on any atom is 0.192 e. The molecule has 0 aliphatic heterocycles. The molecule has 0 amide bonds. The predicted molar refractivity (Wildman–Crippen MR) is 64.3 cm³/mol. The second-order valence-corrected chi connectivity index (χ2v) is 10.0. The van der Waals surface area contributed by atoms with Gasteiger partial charge in [-0.05, 0) is 24.6 Å². The summed E-state index contributed by atoms with van der Waals surface area (Å²) in [6.07, 6.45) is 1.08. The van der Waals surface area contributed by atoms with Crippen LogP contribution in [0.1, 0.15) is 34.1 Å². The molecule has 0 bridgehead atoms. The lowest BCUT2D eigenvalue weighted by Crippen LogP contribution is -2.41. The van der Waals surface area contributed by atoms with Crippen molar-refractivity contribution in [1.29, 1.82) is 0 Å². The van der Waals surface area contributed by atoms with Crippen molar-refractivity contribution in [2.75, 3.05) is 19.8 Å². The van der Waals surface area contributed by atoms with Crippen molar-refractivity contribution < 1.29 is 9.16 Å². The van der Waals surface area contributed by atoms with Gasteiger partial charge >= 0.3 is 0 Å². The summed E-state index contributed by atoms with van der Waals surface area (Å²) in [5.41, 5.74) is 0. The van der Waals surface area contributed by atoms with E-state index in [1.54, 1.807) is 0 Å². The minimum atomic E-state index is -1.55. The SMILES string of the molecule is CCCOCCO[Si](C)(C)C(C)(C)C. The molecule has 0 aromatic heterocycles. The maximum absolute atomic E-state index is 5.95. The average molecular weight is 218 g/mol. The van der Waals surface area contributed by atoms with E-state index >= 15 is 0 Å². The van der Waals surface area contributed by atoms with Crippen molar-refractivity contribution in [2.45, 2.75) is 52.2 Å². The van der Waals surface area contributed by atoms with E-state index in [1.165, 1.54) is 0 Å². The second kappa shape index (κ2) is 5.88. The van der Waals surface area contributed by atoms with E-state index in [9.17, 15) is 0 Å². The van der Waals surface area contributed by atoms with Crippen LogP contribution in [0.3, 0.4) is 0 Å². The Labute approximate surface area is 90.1 Å². The van der Waals surface area contributed by atoms with E-state index in [0.717, 1.165) is 26.2 Å². The Kier molecular flexibility index (Phi) is 5.94. The third kappa shape index (κ3) is 5.13. The lowest BCUT2D eigenvalue weighted by atomic mass is 10.2. The van der Waals surface area contributed by atoms with Gasteiger partial charge in [0.2, 0.25) is 0 Å². The van der Waals surface area contributed by atoms with Gasteiger partial charge < -0.3 is 9.16 Å². The molecule has 2 nitrogen and oxygen atoms in total. The zero-order valence-electron chi connectivity index (χ0n) is 10.6. The molecule has 0 rings (SSSR count). The summed E-state index contributed by atoms with van der Waals surface area (Å²) in [6.45, 7) is 15.8. The standard InChI is InChI=1S/C11H26O2Si/c1-7-8-12-9-10-13-14(5,6)11(2,3)4/h7-10H2,1-6H3. The molecule has 0 atom stereocenters. The Bertz CT molecular complexity index is 150. The zero-order valence-corrected chi connectivity index (χ0v) is 11.6. The third-order valence-corrected chi connectivity index (χ3v) is 7.38. The molecule has 0 N–H and O–H groups in total. The molecular formula is C11H26O2Si. The van der Waals surface area contributed by atoms with Crippen LogP contribution in [-0.4, -0.2) is 28.1 Å². The summed E-state index contributed by atoms with van der Waals surface area (Å²) in [7, 11) is -1.55. The van der Waals surface area contributed by atoms with Gasteiger partial charge in [-0.1, -0.05) is 27.7 Å². The second-order valence-electron chi connectivity index (χ2n) is 5.22. The van der Waals surface area contributed by atoms with Crippen LogP contribution < -0.4 is 0 Å². The van der Waals surface area contributed by atoms with Gasteiger partial charge in [0.05, 0.1) is 13.2 Å². The molecular weight excluding hydrogens is 192 g/mol. The highest BCUT2D eigenvalue weighted by Crippen LogP contribution is 2.36. The van der Waals surface area contributed by atoms with Crippen molar-refractivity contribution >= 4 is 8.32 Å². The molecule has 0 saturated carbocycles. The highest BCUT2D eigenvalue weighted by atomic mass is 28.4. The summed E-state index contributed by atoms with van der Waals surface area (Å²) >= 11 is 0. The third-order valence-electron chi connectivity index (χ3n) is 2.85. The summed E-state index contributed by atoms with van der Waals surface area (Å²) in [6, 6.07) is 0. The topological polar surface area (TPSA) is 18.5 Å². The molecule has 0 fully saturated rings. The fourth-order valence-electron chi connectivity index (χ4n) is 0.819. The molecule has 0 aromatic carbocycles. The minimum absolute atomic E-state index is 0.303. The fourth-order valence-corrected chi connectivity index (χ4v) is 1.85. The van der Waals surface area contributed by atoms with Crippen molar-refractivity contribution in [2.24, 2.45) is 0 Å². The zero-order chi connectivity index (χ0) is 11.2. The molecule has 0 radical (unpaired) electrons. The van der Waals surface area contributed by atoms with Gasteiger partial charge in [-0.25, -0.2) is 0 Å². The van der Waals surface area contributed by atoms with E-state index in [1.807, 2.05) is 0 Å². The van der Waals surface area contributed by atoms with E-state index < -0.39 is 8.32 Å². The Balaban J connectivity index is 3.67. The van der Waals surface area contributed by atoms with Gasteiger partial charge in [-0.2, -0.15) is 0 Å². The number of hydrogen-bond donors (Lipinski definition) is 0. The van der Waals surface area contributed by atoms with Crippen LogP contribution in [0, 0.1) is 0 Å². The molecule has 3 heteroatoms. The fraction of sp³-hybridized carbons (Fsp3) is 1.00. The number of rotatable bonds is 6. The molecule has 0 aliphatic rings. The molecule has 0 heterocycles. The van der Waals surface area contributed by atoms with Gasteiger partial charge in [0.15, 0.2) is 8.32 Å². The van der Waals surface area contributed by atoms with Gasteiger partial charge in [0, 0.05) is 6.61 Å². The highest BCUT2D eigenvalue weighted by molar-refractivity contribution is 6.74. The normalized spacial score (nSPS) is 13.3. The first-order valence-electron chi connectivity index (χ1n) is 5.53. The van der Waals surface area contributed by atoms with Gasteiger partial charge in [-0.15, -0.1) is 0 Å². The molecule has 86 valence electrons. The summed E-state index contributed by atoms with van der Waals surface area (Å²) in [5.74, 6) is 0. The number of hydrogen-bond acceptors (Lipinski definition) is 2. The smallest absolute Gasteiger partial charge is 0.192 e. The summed E-state index contributed by atoms with van der Waals surface area (Å²) < 4.78 is 11.3. The molecule has 0 spiro atoms. The Morgan fingerprint density at radius 2 is 1.57 bits per heavy atom. The van der Waals surface area contributed by atoms with Gasteiger partial charge in [0.25, 0.3) is 0 Å². The van der Waals surface area contributed by atoms with Crippen LogP contribution in [-0.2, 0) is 9.16 Å². The van der Waals surface area contributed by atoms with E-state index in [0.29, 0.717) is 5.04 Å². The maximum atomic E-state index is 5.95. The Hall–Kier alpha value is 0.137. The molecule has 0 aliphatic carbocycles. The average Bonchev–Trinajstić information content (AvgIpc) is 2.02. The van der Waals surface area contributed by atoms with Crippen LogP contribution in [0.4, 0.5) is 0 Å².